The molecule has 0 radical (unpaired) electrons. The summed E-state index contributed by atoms with van der Waals surface area (Å²) in [4.78, 5) is 20.9. The molecular weight excluding hydrogens is 410 g/mol. The Morgan fingerprint density at radius 3 is 2.77 bits per heavy atom. The molecule has 1 unspecified atom stereocenters. The predicted octanol–water partition coefficient (Wildman–Crippen LogP) is 3.42. The SMILES string of the molecule is CCNC(=NCCc1cccc(C(=O)N(C)C)c1)NC1CCN(c2cccc(Cl)c2)C1. The van der Waals surface area contributed by atoms with Gasteiger partial charge < -0.3 is 20.4 Å². The number of guanidine groups is 1. The van der Waals surface area contributed by atoms with Gasteiger partial charge in [-0.15, -0.1) is 0 Å². The van der Waals surface area contributed by atoms with Gasteiger partial charge in [0.05, 0.1) is 0 Å². The number of nitrogens with one attached hydrogen (secondary N) is 2. The fourth-order valence-corrected chi connectivity index (χ4v) is 3.90. The van der Waals surface area contributed by atoms with Crippen molar-refractivity contribution in [3.8, 4) is 0 Å². The second-order valence-electron chi connectivity index (χ2n) is 7.97. The third-order valence-corrected chi connectivity index (χ3v) is 5.53. The van der Waals surface area contributed by atoms with Crippen molar-refractivity contribution in [3.63, 3.8) is 0 Å². The fraction of sp³-hybridized carbons (Fsp3) is 0.417. The Morgan fingerprint density at radius 1 is 1.23 bits per heavy atom. The highest BCUT2D eigenvalue weighted by molar-refractivity contribution is 6.30. The van der Waals surface area contributed by atoms with E-state index in [-0.39, 0.29) is 5.91 Å². The summed E-state index contributed by atoms with van der Waals surface area (Å²) in [5.74, 6) is 0.854. The van der Waals surface area contributed by atoms with Crippen LogP contribution < -0.4 is 15.5 Å². The molecule has 7 heteroatoms. The predicted molar refractivity (Wildman–Crippen MR) is 129 cm³/mol. The van der Waals surface area contributed by atoms with Crippen LogP contribution in [0.15, 0.2) is 53.5 Å². The van der Waals surface area contributed by atoms with Gasteiger partial charge in [-0.3, -0.25) is 9.79 Å². The highest BCUT2D eigenvalue weighted by Crippen LogP contribution is 2.23. The molecule has 2 aromatic rings. The number of anilines is 1. The Kier molecular flexibility index (Phi) is 8.18. The third kappa shape index (κ3) is 6.62. The van der Waals surface area contributed by atoms with E-state index in [1.165, 1.54) is 0 Å². The minimum atomic E-state index is 0.0193. The molecule has 0 saturated carbocycles. The Morgan fingerprint density at radius 2 is 2.03 bits per heavy atom. The Balaban J connectivity index is 1.56. The third-order valence-electron chi connectivity index (χ3n) is 5.30. The molecule has 2 N–H and O–H groups in total. The summed E-state index contributed by atoms with van der Waals surface area (Å²) < 4.78 is 0. The van der Waals surface area contributed by atoms with E-state index in [0.717, 1.165) is 54.7 Å². The molecule has 1 atom stereocenters. The second-order valence-corrected chi connectivity index (χ2v) is 8.40. The molecule has 3 rings (SSSR count). The van der Waals surface area contributed by atoms with Gasteiger partial charge in [-0.25, -0.2) is 0 Å². The van der Waals surface area contributed by atoms with E-state index in [0.29, 0.717) is 18.2 Å². The summed E-state index contributed by atoms with van der Waals surface area (Å²) >= 11 is 6.14. The molecule has 1 amide bonds. The minimum Gasteiger partial charge on any atom is -0.369 e. The first-order chi connectivity index (χ1) is 15.0. The number of aliphatic imine (C=N–C) groups is 1. The molecule has 1 aliphatic heterocycles. The first-order valence-corrected chi connectivity index (χ1v) is 11.2. The van der Waals surface area contributed by atoms with Crippen LogP contribution in [-0.2, 0) is 6.42 Å². The number of carbonyl (C=O) groups is 1. The fourth-order valence-electron chi connectivity index (χ4n) is 3.71. The second kappa shape index (κ2) is 11.0. The Bertz CT molecular complexity index is 914. The zero-order valence-electron chi connectivity index (χ0n) is 18.6. The quantitative estimate of drug-likeness (QED) is 0.510. The van der Waals surface area contributed by atoms with Gasteiger partial charge in [0, 0.05) is 62.6 Å². The smallest absolute Gasteiger partial charge is 0.253 e. The topological polar surface area (TPSA) is 60.0 Å². The van der Waals surface area contributed by atoms with Crippen LogP contribution in [0.3, 0.4) is 0 Å². The van der Waals surface area contributed by atoms with E-state index in [1.54, 1.807) is 19.0 Å². The lowest BCUT2D eigenvalue weighted by atomic mass is 10.1. The molecule has 1 heterocycles. The number of nitrogens with zero attached hydrogens (tertiary/aromatic N) is 3. The summed E-state index contributed by atoms with van der Waals surface area (Å²) in [6.07, 6.45) is 1.83. The van der Waals surface area contributed by atoms with Gasteiger partial charge in [-0.1, -0.05) is 29.8 Å². The molecular formula is C24H32ClN5O. The largest absolute Gasteiger partial charge is 0.369 e. The lowest BCUT2D eigenvalue weighted by Crippen LogP contribution is -2.44. The van der Waals surface area contributed by atoms with Crippen molar-refractivity contribution in [2.75, 3.05) is 45.2 Å². The summed E-state index contributed by atoms with van der Waals surface area (Å²) in [6.45, 7) is 5.44. The van der Waals surface area contributed by atoms with Crippen molar-refractivity contribution >= 4 is 29.2 Å². The van der Waals surface area contributed by atoms with Crippen LogP contribution in [0.1, 0.15) is 29.3 Å². The standard InChI is InChI=1S/C24H32ClN5O/c1-4-26-24(27-13-11-18-7-5-8-19(15-18)23(31)29(2)3)28-21-12-14-30(17-21)22-10-6-9-20(25)16-22/h5-10,15-16,21H,4,11-14,17H2,1-3H3,(H2,26,27,28). The summed E-state index contributed by atoms with van der Waals surface area (Å²) in [6, 6.07) is 16.1. The molecule has 0 bridgehead atoms. The number of amides is 1. The zero-order valence-corrected chi connectivity index (χ0v) is 19.3. The Labute approximate surface area is 190 Å². The van der Waals surface area contributed by atoms with Gasteiger partial charge in [0.25, 0.3) is 5.91 Å². The Hall–Kier alpha value is -2.73. The van der Waals surface area contributed by atoms with E-state index in [9.17, 15) is 4.79 Å². The van der Waals surface area contributed by atoms with E-state index < -0.39 is 0 Å². The number of benzene rings is 2. The van der Waals surface area contributed by atoms with Crippen molar-refractivity contribution in [2.24, 2.45) is 4.99 Å². The first kappa shape index (κ1) is 22.9. The van der Waals surface area contributed by atoms with Crippen LogP contribution in [0, 0.1) is 0 Å². The van der Waals surface area contributed by atoms with Crippen LogP contribution >= 0.6 is 11.6 Å². The van der Waals surface area contributed by atoms with Crippen LogP contribution in [0.2, 0.25) is 5.02 Å². The lowest BCUT2D eigenvalue weighted by molar-refractivity contribution is 0.0827. The van der Waals surface area contributed by atoms with Crippen LogP contribution in [0.25, 0.3) is 0 Å². The monoisotopic (exact) mass is 441 g/mol. The molecule has 166 valence electrons. The van der Waals surface area contributed by atoms with Crippen molar-refractivity contribution < 1.29 is 4.79 Å². The molecule has 31 heavy (non-hydrogen) atoms. The molecule has 0 aliphatic carbocycles. The van der Waals surface area contributed by atoms with Gasteiger partial charge in [0.1, 0.15) is 0 Å². The molecule has 0 aromatic heterocycles. The van der Waals surface area contributed by atoms with Crippen LogP contribution in [0.5, 0.6) is 0 Å². The van der Waals surface area contributed by atoms with Gasteiger partial charge in [-0.2, -0.15) is 0 Å². The lowest BCUT2D eigenvalue weighted by Gasteiger charge is -2.20. The van der Waals surface area contributed by atoms with Crippen molar-refractivity contribution in [1.29, 1.82) is 0 Å². The number of halogens is 1. The van der Waals surface area contributed by atoms with Crippen LogP contribution in [0.4, 0.5) is 5.69 Å². The summed E-state index contributed by atoms with van der Waals surface area (Å²) in [5, 5.41) is 7.67. The average molecular weight is 442 g/mol. The molecule has 1 fully saturated rings. The first-order valence-electron chi connectivity index (χ1n) is 10.8. The van der Waals surface area contributed by atoms with E-state index in [2.05, 4.69) is 28.5 Å². The van der Waals surface area contributed by atoms with Crippen LogP contribution in [-0.4, -0.2) is 63.1 Å². The summed E-state index contributed by atoms with van der Waals surface area (Å²) in [7, 11) is 3.54. The van der Waals surface area contributed by atoms with Gasteiger partial charge in [-0.05, 0) is 55.7 Å². The highest BCUT2D eigenvalue weighted by atomic mass is 35.5. The molecule has 1 aliphatic rings. The van der Waals surface area contributed by atoms with Gasteiger partial charge >= 0.3 is 0 Å². The van der Waals surface area contributed by atoms with Crippen molar-refractivity contribution in [1.82, 2.24) is 15.5 Å². The number of rotatable bonds is 7. The maximum atomic E-state index is 12.2. The van der Waals surface area contributed by atoms with E-state index in [4.69, 9.17) is 16.6 Å². The minimum absolute atomic E-state index is 0.0193. The molecule has 6 nitrogen and oxygen atoms in total. The number of carbonyl (C=O) groups excluding carboxylic acids is 1. The maximum Gasteiger partial charge on any atom is 0.253 e. The number of hydrogen-bond acceptors (Lipinski definition) is 3. The molecule has 1 saturated heterocycles. The number of hydrogen-bond donors (Lipinski definition) is 2. The highest BCUT2D eigenvalue weighted by Gasteiger charge is 2.23. The van der Waals surface area contributed by atoms with E-state index >= 15 is 0 Å². The van der Waals surface area contributed by atoms with Gasteiger partial charge in [0.15, 0.2) is 5.96 Å². The average Bonchev–Trinajstić information content (AvgIpc) is 3.22. The van der Waals surface area contributed by atoms with Crippen molar-refractivity contribution in [2.45, 2.75) is 25.8 Å². The molecule has 2 aromatic carbocycles. The zero-order chi connectivity index (χ0) is 22.2. The molecule has 0 spiro atoms. The normalized spacial score (nSPS) is 16.3. The van der Waals surface area contributed by atoms with Gasteiger partial charge in [0.2, 0.25) is 0 Å². The van der Waals surface area contributed by atoms with E-state index in [1.807, 2.05) is 42.5 Å². The maximum absolute atomic E-state index is 12.2. The van der Waals surface area contributed by atoms with Crippen molar-refractivity contribution in [3.05, 3.63) is 64.7 Å². The summed E-state index contributed by atoms with van der Waals surface area (Å²) in [5.41, 5.74) is 2.98.